The minimum Gasteiger partial charge on any atom is -0.345 e. The van der Waals surface area contributed by atoms with Crippen molar-refractivity contribution < 1.29 is 0 Å². The van der Waals surface area contributed by atoms with Gasteiger partial charge in [-0.2, -0.15) is 15.8 Å². The first-order chi connectivity index (χ1) is 12.8. The number of nitriles is 3. The molecule has 2 aromatic carbocycles. The largest absolute Gasteiger partial charge is 0.345 e. The van der Waals surface area contributed by atoms with E-state index in [2.05, 4.69) is 15.6 Å². The van der Waals surface area contributed by atoms with Gasteiger partial charge in [0.2, 0.25) is 0 Å². The maximum absolute atomic E-state index is 9.09. The first-order valence-corrected chi connectivity index (χ1v) is 7.55. The topological polar surface area (TPSA) is 114 Å². The second-order valence-corrected chi connectivity index (χ2v) is 5.15. The van der Waals surface area contributed by atoms with E-state index < -0.39 is 0 Å². The zero-order valence-electron chi connectivity index (χ0n) is 13.5. The van der Waals surface area contributed by atoms with Crippen molar-refractivity contribution >= 4 is 5.69 Å². The summed E-state index contributed by atoms with van der Waals surface area (Å²) in [6, 6.07) is 22.0. The van der Waals surface area contributed by atoms with Gasteiger partial charge < -0.3 is 5.32 Å². The van der Waals surface area contributed by atoms with Crippen LogP contribution in [0.2, 0.25) is 0 Å². The number of nitrogens with zero attached hydrogens (tertiary/aromatic N) is 6. The van der Waals surface area contributed by atoms with Crippen LogP contribution in [-0.4, -0.2) is 15.0 Å². The molecule has 3 aromatic rings. The number of hydrogen-bond donors (Lipinski definition) is 1. The standard InChI is InChI=1S/C19H11N7/c20-10-15(11-21)18(12-22)24-16-6-8-17(9-7-16)26-19(13-23-25-26)14-4-2-1-3-5-14/h1-9,13,24H. The van der Waals surface area contributed by atoms with Gasteiger partial charge in [0.25, 0.3) is 0 Å². The lowest BCUT2D eigenvalue weighted by molar-refractivity contribution is 0.808. The van der Waals surface area contributed by atoms with Crippen LogP contribution < -0.4 is 5.32 Å². The van der Waals surface area contributed by atoms with E-state index in [-0.39, 0.29) is 11.3 Å². The molecule has 122 valence electrons. The fourth-order valence-corrected chi connectivity index (χ4v) is 2.34. The van der Waals surface area contributed by atoms with Crippen molar-refractivity contribution in [3.63, 3.8) is 0 Å². The summed E-state index contributed by atoms with van der Waals surface area (Å²) in [5.74, 6) is 0. The molecule has 0 aliphatic heterocycles. The third-order valence-electron chi connectivity index (χ3n) is 3.59. The summed E-state index contributed by atoms with van der Waals surface area (Å²) in [5, 5.41) is 37.7. The monoisotopic (exact) mass is 337 g/mol. The summed E-state index contributed by atoms with van der Waals surface area (Å²) in [6.45, 7) is 0. The van der Waals surface area contributed by atoms with Crippen molar-refractivity contribution in [3.05, 3.63) is 72.1 Å². The molecule has 0 aliphatic carbocycles. The van der Waals surface area contributed by atoms with Crippen LogP contribution in [0.4, 0.5) is 5.69 Å². The predicted octanol–water partition coefficient (Wildman–Crippen LogP) is 3.17. The Balaban J connectivity index is 1.90. The lowest BCUT2D eigenvalue weighted by atomic mass is 10.1. The van der Waals surface area contributed by atoms with Gasteiger partial charge in [0, 0.05) is 11.3 Å². The van der Waals surface area contributed by atoms with Crippen molar-refractivity contribution in [3.8, 4) is 35.2 Å². The maximum Gasteiger partial charge on any atom is 0.163 e. The Morgan fingerprint density at radius 1 is 0.885 bits per heavy atom. The molecule has 0 atom stereocenters. The number of rotatable bonds is 4. The molecule has 7 nitrogen and oxygen atoms in total. The molecule has 0 amide bonds. The van der Waals surface area contributed by atoms with Crippen molar-refractivity contribution in [1.82, 2.24) is 15.0 Å². The van der Waals surface area contributed by atoms with Crippen LogP contribution in [-0.2, 0) is 0 Å². The summed E-state index contributed by atoms with van der Waals surface area (Å²) in [5.41, 5.74) is 2.85. The van der Waals surface area contributed by atoms with Crippen molar-refractivity contribution in [2.45, 2.75) is 0 Å². The number of aromatic nitrogens is 3. The number of anilines is 1. The summed E-state index contributed by atoms with van der Waals surface area (Å²) < 4.78 is 1.70. The van der Waals surface area contributed by atoms with Gasteiger partial charge in [-0.25, -0.2) is 4.68 Å². The molecule has 0 radical (unpaired) electrons. The maximum atomic E-state index is 9.09. The van der Waals surface area contributed by atoms with Crippen LogP contribution >= 0.6 is 0 Å². The number of hydrogen-bond acceptors (Lipinski definition) is 6. The highest BCUT2D eigenvalue weighted by atomic mass is 15.4. The highest BCUT2D eigenvalue weighted by Gasteiger charge is 2.09. The van der Waals surface area contributed by atoms with E-state index in [4.69, 9.17) is 15.8 Å². The number of benzene rings is 2. The Bertz CT molecular complexity index is 1060. The third kappa shape index (κ3) is 3.26. The van der Waals surface area contributed by atoms with Crippen molar-refractivity contribution in [1.29, 1.82) is 15.8 Å². The summed E-state index contributed by atoms with van der Waals surface area (Å²) in [4.78, 5) is 0. The highest BCUT2D eigenvalue weighted by molar-refractivity contribution is 5.63. The van der Waals surface area contributed by atoms with E-state index in [0.29, 0.717) is 5.69 Å². The van der Waals surface area contributed by atoms with Crippen LogP contribution in [0.5, 0.6) is 0 Å². The first-order valence-electron chi connectivity index (χ1n) is 7.55. The lowest BCUT2D eigenvalue weighted by Gasteiger charge is -2.08. The highest BCUT2D eigenvalue weighted by Crippen LogP contribution is 2.22. The Morgan fingerprint density at radius 2 is 1.58 bits per heavy atom. The van der Waals surface area contributed by atoms with Gasteiger partial charge in [-0.15, -0.1) is 5.10 Å². The van der Waals surface area contributed by atoms with Crippen LogP contribution in [0, 0.1) is 34.0 Å². The van der Waals surface area contributed by atoms with Crippen LogP contribution in [0.3, 0.4) is 0 Å². The van der Waals surface area contributed by atoms with E-state index in [9.17, 15) is 0 Å². The molecule has 1 heterocycles. The van der Waals surface area contributed by atoms with E-state index in [1.165, 1.54) is 0 Å². The Morgan fingerprint density at radius 3 is 2.19 bits per heavy atom. The van der Waals surface area contributed by atoms with Crippen LogP contribution in [0.15, 0.2) is 72.1 Å². The fourth-order valence-electron chi connectivity index (χ4n) is 2.34. The van der Waals surface area contributed by atoms with E-state index >= 15 is 0 Å². The van der Waals surface area contributed by atoms with Crippen LogP contribution in [0.1, 0.15) is 0 Å². The quantitative estimate of drug-likeness (QED) is 0.731. The molecule has 0 saturated heterocycles. The van der Waals surface area contributed by atoms with E-state index in [1.54, 1.807) is 47.3 Å². The Labute approximate surface area is 149 Å². The predicted molar refractivity (Wildman–Crippen MR) is 94.3 cm³/mol. The van der Waals surface area contributed by atoms with Gasteiger partial charge in [0.1, 0.15) is 23.9 Å². The molecular formula is C19H11N7. The molecule has 1 aromatic heterocycles. The molecule has 26 heavy (non-hydrogen) atoms. The number of allylic oxidation sites excluding steroid dienone is 2. The van der Waals surface area contributed by atoms with Crippen LogP contribution in [0.25, 0.3) is 16.9 Å². The van der Waals surface area contributed by atoms with E-state index in [0.717, 1.165) is 16.9 Å². The zero-order valence-corrected chi connectivity index (χ0v) is 13.5. The molecule has 7 heteroatoms. The molecular weight excluding hydrogens is 326 g/mol. The minimum atomic E-state index is -0.265. The van der Waals surface area contributed by atoms with Gasteiger partial charge in [-0.05, 0) is 24.3 Å². The van der Waals surface area contributed by atoms with Gasteiger partial charge in [-0.3, -0.25) is 0 Å². The summed E-state index contributed by atoms with van der Waals surface area (Å²) >= 11 is 0. The summed E-state index contributed by atoms with van der Waals surface area (Å²) in [6.07, 6.45) is 1.68. The smallest absolute Gasteiger partial charge is 0.163 e. The second kappa shape index (κ2) is 7.44. The van der Waals surface area contributed by atoms with Crippen molar-refractivity contribution in [2.24, 2.45) is 0 Å². The van der Waals surface area contributed by atoms with E-state index in [1.807, 2.05) is 36.4 Å². The van der Waals surface area contributed by atoms with Gasteiger partial charge in [-0.1, -0.05) is 35.5 Å². The van der Waals surface area contributed by atoms with Gasteiger partial charge in [0.15, 0.2) is 5.57 Å². The minimum absolute atomic E-state index is 0.0894. The zero-order chi connectivity index (χ0) is 18.4. The first kappa shape index (κ1) is 16.4. The normalized spacial score (nSPS) is 9.42. The number of nitrogens with one attached hydrogen (secondary N) is 1. The summed E-state index contributed by atoms with van der Waals surface area (Å²) in [7, 11) is 0. The molecule has 0 aliphatic rings. The molecule has 0 fully saturated rings. The SMILES string of the molecule is N#CC(C#N)=C(C#N)Nc1ccc(-n2nncc2-c2ccccc2)cc1. The molecule has 0 saturated carbocycles. The molecule has 0 unspecified atom stereocenters. The molecule has 1 N–H and O–H groups in total. The van der Waals surface area contributed by atoms with Gasteiger partial charge in [0.05, 0.1) is 17.6 Å². The van der Waals surface area contributed by atoms with Crippen molar-refractivity contribution in [2.75, 3.05) is 5.32 Å². The van der Waals surface area contributed by atoms with Gasteiger partial charge >= 0.3 is 0 Å². The average molecular weight is 337 g/mol. The molecule has 0 spiro atoms. The molecule has 3 rings (SSSR count). The Hall–Kier alpha value is -4.41. The fraction of sp³-hybridized carbons (Fsp3) is 0. The Kier molecular flexibility index (Phi) is 4.71. The lowest BCUT2D eigenvalue weighted by Crippen LogP contribution is -2.02. The third-order valence-corrected chi connectivity index (χ3v) is 3.59. The second-order valence-electron chi connectivity index (χ2n) is 5.15. The average Bonchev–Trinajstić information content (AvgIpc) is 3.19. The molecule has 0 bridgehead atoms.